The van der Waals surface area contributed by atoms with Gasteiger partial charge in [-0.05, 0) is 72.9 Å². The van der Waals surface area contributed by atoms with Crippen LogP contribution in [0.4, 0.5) is 15.8 Å². The fourth-order valence-corrected chi connectivity index (χ4v) is 2.87. The first-order valence-electron chi connectivity index (χ1n) is 8.70. The van der Waals surface area contributed by atoms with Crippen LogP contribution in [-0.4, -0.2) is 11.7 Å². The molecule has 3 rings (SSSR count). The van der Waals surface area contributed by atoms with Gasteiger partial charge in [0.25, 0.3) is 0 Å². The Bertz CT molecular complexity index is 954. The molecule has 6 heteroatoms. The molecule has 0 radical (unpaired) electrons. The standard InChI is InChI=1S/C22H18FN3OS/c23-17-7-11-19(12-8-17)26(16-4-15-24)22(28)25-18-9-13-21(14-10-18)27-20-5-2-1-3-6-20/h1-3,5-14H,4,16H2,(H,25,28). The monoisotopic (exact) mass is 391 g/mol. The van der Waals surface area contributed by atoms with E-state index in [1.807, 2.05) is 54.6 Å². The van der Waals surface area contributed by atoms with Crippen molar-refractivity contribution in [3.63, 3.8) is 0 Å². The molecule has 4 nitrogen and oxygen atoms in total. The summed E-state index contributed by atoms with van der Waals surface area (Å²) in [5.74, 6) is 1.15. The Hall–Kier alpha value is -3.43. The number of hydrogen-bond acceptors (Lipinski definition) is 3. The molecule has 0 fully saturated rings. The van der Waals surface area contributed by atoms with Gasteiger partial charge in [0, 0.05) is 17.9 Å². The minimum absolute atomic E-state index is 0.295. The Labute approximate surface area is 168 Å². The first-order chi connectivity index (χ1) is 13.7. The van der Waals surface area contributed by atoms with E-state index < -0.39 is 0 Å². The maximum absolute atomic E-state index is 13.2. The van der Waals surface area contributed by atoms with Crippen molar-refractivity contribution in [1.82, 2.24) is 0 Å². The third-order valence-corrected chi connectivity index (χ3v) is 4.24. The van der Waals surface area contributed by atoms with Gasteiger partial charge < -0.3 is 15.0 Å². The quantitative estimate of drug-likeness (QED) is 0.543. The largest absolute Gasteiger partial charge is 0.457 e. The molecule has 0 atom stereocenters. The molecule has 0 spiro atoms. The number of ether oxygens (including phenoxy) is 1. The fraction of sp³-hybridized carbons (Fsp3) is 0.0909. The molecule has 0 bridgehead atoms. The van der Waals surface area contributed by atoms with Gasteiger partial charge in [0.15, 0.2) is 5.11 Å². The molecule has 140 valence electrons. The second kappa shape index (κ2) is 9.49. The highest BCUT2D eigenvalue weighted by Gasteiger charge is 2.12. The number of para-hydroxylation sites is 1. The number of benzene rings is 3. The molecule has 0 aliphatic heterocycles. The molecule has 0 aliphatic carbocycles. The predicted molar refractivity (Wildman–Crippen MR) is 113 cm³/mol. The van der Waals surface area contributed by atoms with E-state index in [1.54, 1.807) is 17.0 Å². The van der Waals surface area contributed by atoms with Gasteiger partial charge in [0.05, 0.1) is 12.5 Å². The first-order valence-corrected chi connectivity index (χ1v) is 9.10. The van der Waals surface area contributed by atoms with Crippen LogP contribution in [0.2, 0.25) is 0 Å². The highest BCUT2D eigenvalue weighted by molar-refractivity contribution is 7.80. The summed E-state index contributed by atoms with van der Waals surface area (Å²) in [5, 5.41) is 12.5. The molecular weight excluding hydrogens is 373 g/mol. The molecule has 1 N–H and O–H groups in total. The second-order valence-electron chi connectivity index (χ2n) is 5.91. The van der Waals surface area contributed by atoms with Crippen LogP contribution in [0.3, 0.4) is 0 Å². The highest BCUT2D eigenvalue weighted by Crippen LogP contribution is 2.23. The van der Waals surface area contributed by atoms with E-state index >= 15 is 0 Å². The van der Waals surface area contributed by atoms with Crippen LogP contribution in [0.15, 0.2) is 78.9 Å². The molecule has 0 heterocycles. The predicted octanol–water partition coefficient (Wildman–Crippen LogP) is 5.74. The van der Waals surface area contributed by atoms with Gasteiger partial charge in [-0.15, -0.1) is 0 Å². The lowest BCUT2D eigenvalue weighted by molar-refractivity contribution is 0.483. The second-order valence-corrected chi connectivity index (χ2v) is 6.29. The van der Waals surface area contributed by atoms with Crippen LogP contribution in [0.5, 0.6) is 11.5 Å². The van der Waals surface area contributed by atoms with Crippen LogP contribution in [0, 0.1) is 17.1 Å². The lowest BCUT2D eigenvalue weighted by atomic mass is 10.2. The maximum Gasteiger partial charge on any atom is 0.177 e. The Balaban J connectivity index is 1.68. The maximum atomic E-state index is 13.2. The summed E-state index contributed by atoms with van der Waals surface area (Å²) in [6.45, 7) is 0.406. The van der Waals surface area contributed by atoms with Gasteiger partial charge >= 0.3 is 0 Å². The van der Waals surface area contributed by atoms with Crippen LogP contribution in [0.1, 0.15) is 6.42 Å². The van der Waals surface area contributed by atoms with Crippen molar-refractivity contribution in [2.24, 2.45) is 0 Å². The first kappa shape index (κ1) is 19.3. The SMILES string of the molecule is N#CCCN(C(=S)Nc1ccc(Oc2ccccc2)cc1)c1ccc(F)cc1. The van der Waals surface area contributed by atoms with Gasteiger partial charge in [-0.2, -0.15) is 5.26 Å². The van der Waals surface area contributed by atoms with Gasteiger partial charge in [-0.3, -0.25) is 0 Å². The van der Waals surface area contributed by atoms with Crippen molar-refractivity contribution in [2.75, 3.05) is 16.8 Å². The summed E-state index contributed by atoms with van der Waals surface area (Å²) in [5.41, 5.74) is 1.51. The Kier molecular flexibility index (Phi) is 6.55. The van der Waals surface area contributed by atoms with Crippen LogP contribution in [0.25, 0.3) is 0 Å². The summed E-state index contributed by atoms with van der Waals surface area (Å²) >= 11 is 5.50. The molecule has 0 aromatic heterocycles. The van der Waals surface area contributed by atoms with Gasteiger partial charge in [-0.25, -0.2) is 4.39 Å². The fourth-order valence-electron chi connectivity index (χ4n) is 2.55. The minimum atomic E-state index is -0.322. The molecule has 0 unspecified atom stereocenters. The van der Waals surface area contributed by atoms with Crippen LogP contribution >= 0.6 is 12.2 Å². The van der Waals surface area contributed by atoms with E-state index in [2.05, 4.69) is 11.4 Å². The Morgan fingerprint density at radius 3 is 2.25 bits per heavy atom. The number of nitriles is 1. The summed E-state index contributed by atoms with van der Waals surface area (Å²) in [4.78, 5) is 1.77. The lowest BCUT2D eigenvalue weighted by Crippen LogP contribution is -2.35. The van der Waals surface area contributed by atoms with E-state index in [9.17, 15) is 4.39 Å². The van der Waals surface area contributed by atoms with Gasteiger partial charge in [-0.1, -0.05) is 18.2 Å². The molecular formula is C22H18FN3OS. The van der Waals surface area contributed by atoms with Crippen molar-refractivity contribution in [1.29, 1.82) is 5.26 Å². The number of hydrogen-bond donors (Lipinski definition) is 1. The average Bonchev–Trinajstić information content (AvgIpc) is 2.72. The number of anilines is 2. The number of nitrogens with one attached hydrogen (secondary N) is 1. The number of rotatable bonds is 6. The lowest BCUT2D eigenvalue weighted by Gasteiger charge is -2.25. The van der Waals surface area contributed by atoms with E-state index in [1.165, 1.54) is 12.1 Å². The molecule has 0 saturated heterocycles. The third-order valence-electron chi connectivity index (χ3n) is 3.92. The molecule has 0 aliphatic rings. The van der Waals surface area contributed by atoms with Crippen molar-refractivity contribution in [3.8, 4) is 17.6 Å². The highest BCUT2D eigenvalue weighted by atomic mass is 32.1. The zero-order valence-electron chi connectivity index (χ0n) is 15.0. The Morgan fingerprint density at radius 2 is 1.61 bits per heavy atom. The van der Waals surface area contributed by atoms with Gasteiger partial charge in [0.2, 0.25) is 0 Å². The van der Waals surface area contributed by atoms with Gasteiger partial charge in [0.1, 0.15) is 17.3 Å². The Morgan fingerprint density at radius 1 is 0.964 bits per heavy atom. The molecule has 0 amide bonds. The smallest absolute Gasteiger partial charge is 0.177 e. The topological polar surface area (TPSA) is 48.3 Å². The zero-order chi connectivity index (χ0) is 19.8. The average molecular weight is 391 g/mol. The summed E-state index contributed by atoms with van der Waals surface area (Å²) in [6.07, 6.45) is 0.295. The van der Waals surface area contributed by atoms with Crippen molar-refractivity contribution in [3.05, 3.63) is 84.7 Å². The van der Waals surface area contributed by atoms with E-state index in [4.69, 9.17) is 22.2 Å². The minimum Gasteiger partial charge on any atom is -0.457 e. The number of thiocarbonyl (C=S) groups is 1. The molecule has 3 aromatic rings. The zero-order valence-corrected chi connectivity index (χ0v) is 15.8. The molecule has 28 heavy (non-hydrogen) atoms. The molecule has 3 aromatic carbocycles. The third kappa shape index (κ3) is 5.29. The van der Waals surface area contributed by atoms with Crippen LogP contribution < -0.4 is 15.0 Å². The van der Waals surface area contributed by atoms with E-state index in [0.29, 0.717) is 23.8 Å². The number of nitrogens with zero attached hydrogens (tertiary/aromatic N) is 2. The van der Waals surface area contributed by atoms with E-state index in [0.717, 1.165) is 17.1 Å². The van der Waals surface area contributed by atoms with Crippen LogP contribution in [-0.2, 0) is 0 Å². The summed E-state index contributed by atoms with van der Waals surface area (Å²) in [7, 11) is 0. The summed E-state index contributed by atoms with van der Waals surface area (Å²) in [6, 6.07) is 25.0. The van der Waals surface area contributed by atoms with Crippen molar-refractivity contribution in [2.45, 2.75) is 6.42 Å². The summed E-state index contributed by atoms with van der Waals surface area (Å²) < 4.78 is 19.0. The molecule has 0 saturated carbocycles. The van der Waals surface area contributed by atoms with E-state index in [-0.39, 0.29) is 5.82 Å². The van der Waals surface area contributed by atoms with Crippen molar-refractivity contribution >= 4 is 28.7 Å². The normalized spacial score (nSPS) is 10.0. The van der Waals surface area contributed by atoms with Crippen molar-refractivity contribution < 1.29 is 9.13 Å². The number of halogens is 1.